The standard InChI is InChI=1S/C17H15N5O4/c1-20-15-14(16(24)21(2)17(20)25)22(10-19-15)8-13(23)26-9-12-6-4-3-5-11(12)7-18/h3-6,10H,8-9H2,1-2H3. The molecule has 1 aromatic carbocycles. The SMILES string of the molecule is Cn1c(=O)c2c(ncn2CC(=O)OCc2ccccc2C#N)n(C)c1=O. The molecule has 0 saturated heterocycles. The molecule has 0 bridgehead atoms. The Balaban J connectivity index is 1.84. The number of benzene rings is 1. The number of nitrogens with zero attached hydrogens (tertiary/aromatic N) is 5. The molecule has 0 aliphatic carbocycles. The van der Waals surface area contributed by atoms with Crippen molar-refractivity contribution in [3.05, 3.63) is 62.6 Å². The van der Waals surface area contributed by atoms with Crippen molar-refractivity contribution in [2.75, 3.05) is 0 Å². The minimum atomic E-state index is -0.590. The van der Waals surface area contributed by atoms with Crippen LogP contribution in [0.1, 0.15) is 11.1 Å². The molecule has 2 heterocycles. The molecule has 0 aliphatic rings. The summed E-state index contributed by atoms with van der Waals surface area (Å²) in [6, 6.07) is 8.84. The predicted octanol–water partition coefficient (Wildman–Crippen LogP) is 0.0488. The third kappa shape index (κ3) is 2.88. The summed E-state index contributed by atoms with van der Waals surface area (Å²) in [5.74, 6) is -0.590. The monoisotopic (exact) mass is 353 g/mol. The zero-order chi connectivity index (χ0) is 18.8. The largest absolute Gasteiger partial charge is 0.459 e. The summed E-state index contributed by atoms with van der Waals surface area (Å²) in [5.41, 5.74) is 0.325. The molecule has 26 heavy (non-hydrogen) atoms. The van der Waals surface area contributed by atoms with E-state index in [2.05, 4.69) is 4.98 Å². The van der Waals surface area contributed by atoms with E-state index in [-0.39, 0.29) is 24.3 Å². The van der Waals surface area contributed by atoms with E-state index in [0.29, 0.717) is 11.1 Å². The third-order valence-corrected chi connectivity index (χ3v) is 4.04. The van der Waals surface area contributed by atoms with Gasteiger partial charge in [0, 0.05) is 19.7 Å². The summed E-state index contributed by atoms with van der Waals surface area (Å²) in [4.78, 5) is 40.4. The summed E-state index contributed by atoms with van der Waals surface area (Å²) >= 11 is 0. The number of imidazole rings is 1. The van der Waals surface area contributed by atoms with Crippen LogP contribution in [0.2, 0.25) is 0 Å². The number of hydrogen-bond acceptors (Lipinski definition) is 6. The summed E-state index contributed by atoms with van der Waals surface area (Å²) in [7, 11) is 2.86. The second kappa shape index (κ2) is 6.68. The Bertz CT molecular complexity index is 1160. The molecule has 0 amide bonds. The van der Waals surface area contributed by atoms with Crippen LogP contribution in [-0.4, -0.2) is 24.7 Å². The molecule has 2 aromatic heterocycles. The van der Waals surface area contributed by atoms with Crippen molar-refractivity contribution in [3.8, 4) is 6.07 Å². The van der Waals surface area contributed by atoms with Gasteiger partial charge >= 0.3 is 11.7 Å². The van der Waals surface area contributed by atoms with Gasteiger partial charge in [-0.3, -0.25) is 18.7 Å². The van der Waals surface area contributed by atoms with E-state index >= 15 is 0 Å². The van der Waals surface area contributed by atoms with Gasteiger partial charge in [-0.05, 0) is 6.07 Å². The highest BCUT2D eigenvalue weighted by Gasteiger charge is 2.16. The fourth-order valence-corrected chi connectivity index (χ4v) is 2.62. The van der Waals surface area contributed by atoms with Crippen LogP contribution in [0.3, 0.4) is 0 Å². The topological polar surface area (TPSA) is 112 Å². The van der Waals surface area contributed by atoms with E-state index in [1.54, 1.807) is 24.3 Å². The highest BCUT2D eigenvalue weighted by Crippen LogP contribution is 2.10. The average molecular weight is 353 g/mol. The van der Waals surface area contributed by atoms with Crippen LogP contribution in [0.4, 0.5) is 0 Å². The molecule has 0 atom stereocenters. The minimum Gasteiger partial charge on any atom is -0.459 e. The second-order valence-electron chi connectivity index (χ2n) is 5.68. The number of carbonyl (C=O) groups excluding carboxylic acids is 1. The maximum atomic E-state index is 12.3. The van der Waals surface area contributed by atoms with E-state index in [1.165, 1.54) is 29.6 Å². The van der Waals surface area contributed by atoms with Gasteiger partial charge in [-0.2, -0.15) is 5.26 Å². The predicted molar refractivity (Wildman–Crippen MR) is 91.2 cm³/mol. The molecule has 0 saturated carbocycles. The Morgan fingerprint density at radius 1 is 1.23 bits per heavy atom. The molecule has 3 aromatic rings. The Hall–Kier alpha value is -3.67. The molecule has 0 N–H and O–H groups in total. The molecule has 9 heteroatoms. The van der Waals surface area contributed by atoms with Gasteiger partial charge in [-0.1, -0.05) is 18.2 Å². The first-order chi connectivity index (χ1) is 12.4. The van der Waals surface area contributed by atoms with Gasteiger partial charge in [0.25, 0.3) is 5.56 Å². The molecule has 0 unspecified atom stereocenters. The molecule has 0 aliphatic heterocycles. The van der Waals surface area contributed by atoms with Crippen molar-refractivity contribution in [3.63, 3.8) is 0 Å². The van der Waals surface area contributed by atoms with Gasteiger partial charge in [-0.15, -0.1) is 0 Å². The first kappa shape index (κ1) is 17.2. The van der Waals surface area contributed by atoms with Gasteiger partial charge in [0.2, 0.25) is 0 Å². The molecular weight excluding hydrogens is 338 g/mol. The summed E-state index contributed by atoms with van der Waals surface area (Å²) < 4.78 is 8.73. The molecule has 132 valence electrons. The fraction of sp³-hybridized carbons (Fsp3) is 0.235. The first-order valence-electron chi connectivity index (χ1n) is 7.68. The van der Waals surface area contributed by atoms with Gasteiger partial charge in [0.15, 0.2) is 11.2 Å². The molecule has 9 nitrogen and oxygen atoms in total. The maximum Gasteiger partial charge on any atom is 0.332 e. The number of aromatic nitrogens is 4. The van der Waals surface area contributed by atoms with Crippen LogP contribution in [0, 0.1) is 11.3 Å². The summed E-state index contributed by atoms with van der Waals surface area (Å²) in [6.07, 6.45) is 1.32. The van der Waals surface area contributed by atoms with E-state index in [9.17, 15) is 14.4 Å². The maximum absolute atomic E-state index is 12.3. The van der Waals surface area contributed by atoms with Crippen molar-refractivity contribution in [2.24, 2.45) is 14.1 Å². The highest BCUT2D eigenvalue weighted by molar-refractivity contribution is 5.75. The van der Waals surface area contributed by atoms with E-state index in [1.807, 2.05) is 6.07 Å². The normalized spacial score (nSPS) is 10.7. The number of rotatable bonds is 4. The molecular formula is C17H15N5O4. The van der Waals surface area contributed by atoms with Crippen LogP contribution in [-0.2, 0) is 36.8 Å². The summed E-state index contributed by atoms with van der Waals surface area (Å²) in [6.45, 7) is -0.287. The third-order valence-electron chi connectivity index (χ3n) is 4.04. The number of carbonyl (C=O) groups is 1. The van der Waals surface area contributed by atoms with Gasteiger partial charge in [0.05, 0.1) is 18.0 Å². The van der Waals surface area contributed by atoms with Crippen molar-refractivity contribution in [1.82, 2.24) is 18.7 Å². The van der Waals surface area contributed by atoms with Crippen LogP contribution >= 0.6 is 0 Å². The van der Waals surface area contributed by atoms with Crippen LogP contribution in [0.15, 0.2) is 40.2 Å². The zero-order valence-electron chi connectivity index (χ0n) is 14.2. The molecule has 0 radical (unpaired) electrons. The zero-order valence-corrected chi connectivity index (χ0v) is 14.2. The Kier molecular flexibility index (Phi) is 4.41. The molecule has 0 fully saturated rings. The number of ether oxygens (including phenoxy) is 1. The number of nitriles is 1. The highest BCUT2D eigenvalue weighted by atomic mass is 16.5. The van der Waals surface area contributed by atoms with Crippen LogP contribution in [0.5, 0.6) is 0 Å². The van der Waals surface area contributed by atoms with Crippen molar-refractivity contribution in [2.45, 2.75) is 13.2 Å². The van der Waals surface area contributed by atoms with Crippen molar-refractivity contribution >= 4 is 17.1 Å². The molecule has 0 spiro atoms. The lowest BCUT2D eigenvalue weighted by Crippen LogP contribution is -2.37. The lowest BCUT2D eigenvalue weighted by Gasteiger charge is -2.08. The number of hydrogen-bond donors (Lipinski definition) is 0. The number of esters is 1. The van der Waals surface area contributed by atoms with Crippen molar-refractivity contribution in [1.29, 1.82) is 5.26 Å². The van der Waals surface area contributed by atoms with Gasteiger partial charge < -0.3 is 9.30 Å². The van der Waals surface area contributed by atoms with Crippen LogP contribution in [0.25, 0.3) is 11.2 Å². The Morgan fingerprint density at radius 2 is 1.96 bits per heavy atom. The lowest BCUT2D eigenvalue weighted by atomic mass is 10.1. The minimum absolute atomic E-state index is 0.0499. The number of fused-ring (bicyclic) bond motifs is 1. The quantitative estimate of drug-likeness (QED) is 0.613. The van der Waals surface area contributed by atoms with E-state index in [4.69, 9.17) is 10.00 Å². The Labute approximate surface area is 147 Å². The Morgan fingerprint density at radius 3 is 2.69 bits per heavy atom. The smallest absolute Gasteiger partial charge is 0.332 e. The number of aryl methyl sites for hydroxylation is 1. The van der Waals surface area contributed by atoms with Crippen LogP contribution < -0.4 is 11.2 Å². The lowest BCUT2D eigenvalue weighted by molar-refractivity contribution is -0.145. The van der Waals surface area contributed by atoms with Crippen molar-refractivity contribution < 1.29 is 9.53 Å². The molecule has 3 rings (SSSR count). The van der Waals surface area contributed by atoms with E-state index in [0.717, 1.165) is 4.57 Å². The second-order valence-corrected chi connectivity index (χ2v) is 5.68. The fourth-order valence-electron chi connectivity index (χ4n) is 2.62. The van der Waals surface area contributed by atoms with Gasteiger partial charge in [0.1, 0.15) is 13.2 Å². The van der Waals surface area contributed by atoms with Gasteiger partial charge in [-0.25, -0.2) is 9.78 Å². The summed E-state index contributed by atoms with van der Waals surface area (Å²) in [5, 5.41) is 9.05. The first-order valence-corrected chi connectivity index (χ1v) is 7.68. The average Bonchev–Trinajstić information content (AvgIpc) is 3.06. The van der Waals surface area contributed by atoms with E-state index < -0.39 is 17.2 Å².